The zero-order chi connectivity index (χ0) is 18.8. The number of ether oxygens (including phenoxy) is 1. The van der Waals surface area contributed by atoms with E-state index >= 15 is 0 Å². The first kappa shape index (κ1) is 18.5. The first-order valence-corrected chi connectivity index (χ1v) is 8.77. The molecule has 0 aliphatic carbocycles. The van der Waals surface area contributed by atoms with E-state index in [0.29, 0.717) is 27.9 Å². The number of aliphatic carboxylic acids is 1. The van der Waals surface area contributed by atoms with Crippen LogP contribution in [0.5, 0.6) is 5.75 Å². The van der Waals surface area contributed by atoms with Crippen LogP contribution in [0.2, 0.25) is 10.0 Å². The molecule has 26 heavy (non-hydrogen) atoms. The molecule has 2 aromatic carbocycles. The molecule has 1 N–H and O–H groups in total. The summed E-state index contributed by atoms with van der Waals surface area (Å²) in [6.45, 7) is 0.467. The third-order valence-electron chi connectivity index (χ3n) is 4.62. The molecule has 0 spiro atoms. The summed E-state index contributed by atoms with van der Waals surface area (Å²) < 4.78 is 5.15. The van der Waals surface area contributed by atoms with E-state index in [1.807, 2.05) is 12.1 Å². The van der Waals surface area contributed by atoms with E-state index < -0.39 is 11.9 Å². The van der Waals surface area contributed by atoms with Crippen LogP contribution in [0.4, 0.5) is 0 Å². The Bertz CT molecular complexity index is 838. The number of carbonyl (C=O) groups excluding carboxylic acids is 1. The lowest BCUT2D eigenvalue weighted by Gasteiger charge is -2.17. The molecule has 1 saturated heterocycles. The smallest absolute Gasteiger partial charge is 0.308 e. The van der Waals surface area contributed by atoms with Gasteiger partial charge in [0.15, 0.2) is 0 Å². The van der Waals surface area contributed by atoms with Gasteiger partial charge in [-0.3, -0.25) is 9.59 Å². The fraction of sp³-hybridized carbons (Fsp3) is 0.263. The number of nitrogens with zero attached hydrogens (tertiary/aromatic N) is 1. The highest BCUT2D eigenvalue weighted by molar-refractivity contribution is 6.32. The number of halogens is 2. The van der Waals surface area contributed by atoms with Gasteiger partial charge in [-0.1, -0.05) is 35.3 Å². The monoisotopic (exact) mass is 393 g/mol. The summed E-state index contributed by atoms with van der Waals surface area (Å²) in [6.07, 6.45) is 0. The van der Waals surface area contributed by atoms with E-state index in [1.54, 1.807) is 35.2 Å². The molecule has 3 rings (SSSR count). The number of likely N-dealkylation sites (tertiary alicyclic amines) is 1. The van der Waals surface area contributed by atoms with E-state index in [0.717, 1.165) is 5.56 Å². The van der Waals surface area contributed by atoms with Crippen molar-refractivity contribution in [1.82, 2.24) is 4.90 Å². The van der Waals surface area contributed by atoms with Crippen LogP contribution in [0, 0.1) is 5.92 Å². The largest absolute Gasteiger partial charge is 0.495 e. The van der Waals surface area contributed by atoms with E-state index in [-0.39, 0.29) is 18.4 Å². The Morgan fingerprint density at radius 3 is 2.42 bits per heavy atom. The molecular formula is C19H17Cl2NO4. The molecule has 5 nitrogen and oxygen atoms in total. The normalized spacial score (nSPS) is 19.4. The van der Waals surface area contributed by atoms with Crippen molar-refractivity contribution in [3.05, 3.63) is 63.6 Å². The molecule has 1 aliphatic rings. The van der Waals surface area contributed by atoms with Gasteiger partial charge in [0.05, 0.1) is 18.1 Å². The topological polar surface area (TPSA) is 66.8 Å². The summed E-state index contributed by atoms with van der Waals surface area (Å²) in [5, 5.41) is 10.6. The first-order valence-electron chi connectivity index (χ1n) is 8.01. The first-order chi connectivity index (χ1) is 12.4. The lowest BCUT2D eigenvalue weighted by molar-refractivity contribution is -0.141. The van der Waals surface area contributed by atoms with Crippen molar-refractivity contribution in [2.45, 2.75) is 5.92 Å². The molecule has 1 amide bonds. The molecule has 2 atom stereocenters. The summed E-state index contributed by atoms with van der Waals surface area (Å²) in [5.41, 5.74) is 1.26. The van der Waals surface area contributed by atoms with Gasteiger partial charge in [0.25, 0.3) is 5.91 Å². The van der Waals surface area contributed by atoms with Crippen molar-refractivity contribution < 1.29 is 19.4 Å². The Morgan fingerprint density at radius 1 is 1.12 bits per heavy atom. The lowest BCUT2D eigenvalue weighted by atomic mass is 9.89. The minimum Gasteiger partial charge on any atom is -0.495 e. The van der Waals surface area contributed by atoms with Crippen molar-refractivity contribution in [1.29, 1.82) is 0 Å². The Balaban J connectivity index is 1.86. The predicted molar refractivity (Wildman–Crippen MR) is 99.2 cm³/mol. The highest BCUT2D eigenvalue weighted by atomic mass is 35.5. The Kier molecular flexibility index (Phi) is 5.39. The fourth-order valence-electron chi connectivity index (χ4n) is 3.24. The number of hydrogen-bond donors (Lipinski definition) is 1. The van der Waals surface area contributed by atoms with Crippen molar-refractivity contribution in [3.8, 4) is 5.75 Å². The average molecular weight is 394 g/mol. The van der Waals surface area contributed by atoms with Crippen LogP contribution in [0.15, 0.2) is 42.5 Å². The number of carboxylic acids is 1. The van der Waals surface area contributed by atoms with Crippen LogP contribution in [-0.4, -0.2) is 42.1 Å². The van der Waals surface area contributed by atoms with Gasteiger partial charge >= 0.3 is 5.97 Å². The third-order valence-corrected chi connectivity index (χ3v) is 5.18. The zero-order valence-electron chi connectivity index (χ0n) is 14.0. The van der Waals surface area contributed by atoms with Gasteiger partial charge in [-0.2, -0.15) is 0 Å². The minimum atomic E-state index is -0.922. The summed E-state index contributed by atoms with van der Waals surface area (Å²) in [5.74, 6) is -1.73. The number of carboxylic acid groups (broad SMARTS) is 1. The molecule has 2 aromatic rings. The minimum absolute atomic E-state index is 0.145. The number of benzene rings is 2. The highest BCUT2D eigenvalue weighted by Gasteiger charge is 2.40. The van der Waals surface area contributed by atoms with Crippen LogP contribution < -0.4 is 4.74 Å². The number of rotatable bonds is 4. The van der Waals surface area contributed by atoms with Gasteiger partial charge in [-0.25, -0.2) is 0 Å². The maximum atomic E-state index is 12.8. The van der Waals surface area contributed by atoms with Crippen molar-refractivity contribution >= 4 is 35.1 Å². The Labute approximate surface area is 161 Å². The van der Waals surface area contributed by atoms with Gasteiger partial charge in [0.1, 0.15) is 5.75 Å². The number of hydrogen-bond acceptors (Lipinski definition) is 3. The Morgan fingerprint density at radius 2 is 1.81 bits per heavy atom. The SMILES string of the molecule is COc1cc(C(=O)N2C[C@@H](C(=O)O)[C@H](c3ccc(Cl)cc3)C2)ccc1Cl. The summed E-state index contributed by atoms with van der Waals surface area (Å²) >= 11 is 11.9. The number of methoxy groups -OCH3 is 1. The van der Waals surface area contributed by atoms with E-state index in [2.05, 4.69) is 0 Å². The summed E-state index contributed by atoms with van der Waals surface area (Å²) in [7, 11) is 1.47. The van der Waals surface area contributed by atoms with Gasteiger partial charge in [-0.15, -0.1) is 0 Å². The van der Waals surface area contributed by atoms with Gasteiger partial charge in [0, 0.05) is 29.6 Å². The molecule has 0 aromatic heterocycles. The maximum Gasteiger partial charge on any atom is 0.308 e. The van der Waals surface area contributed by atoms with E-state index in [4.69, 9.17) is 27.9 Å². The maximum absolute atomic E-state index is 12.8. The van der Waals surface area contributed by atoms with Crippen molar-refractivity contribution in [2.24, 2.45) is 5.92 Å². The molecular weight excluding hydrogens is 377 g/mol. The van der Waals surface area contributed by atoms with Gasteiger partial charge in [-0.05, 0) is 35.9 Å². The van der Waals surface area contributed by atoms with E-state index in [9.17, 15) is 14.7 Å². The molecule has 0 saturated carbocycles. The van der Waals surface area contributed by atoms with Crippen molar-refractivity contribution in [2.75, 3.05) is 20.2 Å². The second-order valence-corrected chi connectivity index (χ2v) is 7.01. The quantitative estimate of drug-likeness (QED) is 0.853. The molecule has 0 radical (unpaired) electrons. The van der Waals surface area contributed by atoms with Crippen LogP contribution in [0.1, 0.15) is 21.8 Å². The molecule has 136 valence electrons. The molecule has 0 unspecified atom stereocenters. The number of amides is 1. The molecule has 1 aliphatic heterocycles. The molecule has 7 heteroatoms. The van der Waals surface area contributed by atoms with E-state index in [1.165, 1.54) is 7.11 Å². The predicted octanol–water partition coefficient (Wildman–Crippen LogP) is 3.94. The average Bonchev–Trinajstić information content (AvgIpc) is 3.08. The summed E-state index contributed by atoms with van der Waals surface area (Å²) in [4.78, 5) is 26.1. The van der Waals surface area contributed by atoms with Gasteiger partial charge in [0.2, 0.25) is 0 Å². The van der Waals surface area contributed by atoms with Crippen molar-refractivity contribution in [3.63, 3.8) is 0 Å². The standard InChI is InChI=1S/C19H17Cl2NO4/c1-26-17-8-12(4-7-16(17)21)18(23)22-9-14(15(10-22)19(24)25)11-2-5-13(20)6-3-11/h2-8,14-15H,9-10H2,1H3,(H,24,25)/t14-,15+/m0/s1. The van der Waals surface area contributed by atoms with Crippen LogP contribution in [0.3, 0.4) is 0 Å². The molecule has 1 heterocycles. The van der Waals surface area contributed by atoms with Crippen LogP contribution >= 0.6 is 23.2 Å². The molecule has 0 bridgehead atoms. The Hall–Kier alpha value is -2.24. The number of carbonyl (C=O) groups is 2. The van der Waals surface area contributed by atoms with Crippen LogP contribution in [0.25, 0.3) is 0 Å². The second-order valence-electron chi connectivity index (χ2n) is 6.16. The van der Waals surface area contributed by atoms with Crippen LogP contribution in [-0.2, 0) is 4.79 Å². The van der Waals surface area contributed by atoms with Gasteiger partial charge < -0.3 is 14.7 Å². The molecule has 1 fully saturated rings. The second kappa shape index (κ2) is 7.56. The zero-order valence-corrected chi connectivity index (χ0v) is 15.5. The lowest BCUT2D eigenvalue weighted by Crippen LogP contribution is -2.29. The fourth-order valence-corrected chi connectivity index (χ4v) is 3.56. The third kappa shape index (κ3) is 3.64. The highest BCUT2D eigenvalue weighted by Crippen LogP contribution is 2.35. The summed E-state index contributed by atoms with van der Waals surface area (Å²) in [6, 6.07) is 11.8.